The molecule has 1 aromatic carbocycles. The molecule has 0 saturated carbocycles. The maximum Gasteiger partial charge on any atom is 0.410 e. The fourth-order valence-electron chi connectivity index (χ4n) is 3.00. The van der Waals surface area contributed by atoms with Gasteiger partial charge in [0.25, 0.3) is 11.6 Å². The van der Waals surface area contributed by atoms with E-state index >= 15 is 0 Å². The molecule has 0 radical (unpaired) electrons. The molecule has 1 N–H and O–H groups in total. The van der Waals surface area contributed by atoms with Crippen LogP contribution in [0.2, 0.25) is 0 Å². The Morgan fingerprint density at radius 2 is 2.00 bits per heavy atom. The Hall–Kier alpha value is -3.56. The standard InChI is InChI=1S/C20H21FN4O5/c1-20(2,3)30-19(27)24-9-8-15-12(11-24)4-7-17(22-15)23-18(26)14-10-13(21)5-6-16(14)25(28)29/h4-7,10H,8-9,11H2,1-3H3,(H,22,23,26). The van der Waals surface area contributed by atoms with E-state index in [0.717, 1.165) is 23.8 Å². The van der Waals surface area contributed by atoms with Gasteiger partial charge in [-0.1, -0.05) is 6.07 Å². The first kappa shape index (κ1) is 21.2. The number of nitro benzene ring substituents is 1. The second-order valence-electron chi connectivity index (χ2n) is 7.83. The van der Waals surface area contributed by atoms with E-state index < -0.39 is 39.6 Å². The second-order valence-corrected chi connectivity index (χ2v) is 7.83. The molecule has 10 heteroatoms. The summed E-state index contributed by atoms with van der Waals surface area (Å²) in [6.45, 7) is 6.11. The van der Waals surface area contributed by atoms with Gasteiger partial charge in [0.15, 0.2) is 0 Å². The topological polar surface area (TPSA) is 115 Å². The number of fused-ring (bicyclic) bond motifs is 1. The normalized spacial score (nSPS) is 13.4. The Balaban J connectivity index is 1.74. The van der Waals surface area contributed by atoms with Crippen molar-refractivity contribution in [2.75, 3.05) is 11.9 Å². The number of hydrogen-bond acceptors (Lipinski definition) is 6. The highest BCUT2D eigenvalue weighted by molar-refractivity contribution is 6.06. The van der Waals surface area contributed by atoms with Crippen LogP contribution in [0.1, 0.15) is 42.4 Å². The number of nitro groups is 1. The number of pyridine rings is 1. The number of rotatable bonds is 3. The number of nitrogens with one attached hydrogen (secondary N) is 1. The van der Waals surface area contributed by atoms with Gasteiger partial charge < -0.3 is 15.0 Å². The van der Waals surface area contributed by atoms with Crippen LogP contribution in [-0.2, 0) is 17.7 Å². The maximum atomic E-state index is 13.5. The summed E-state index contributed by atoms with van der Waals surface area (Å²) in [5.41, 5.74) is 0.0159. The third-order valence-electron chi connectivity index (χ3n) is 4.34. The van der Waals surface area contributed by atoms with Gasteiger partial charge >= 0.3 is 6.09 Å². The summed E-state index contributed by atoms with van der Waals surface area (Å²) in [6, 6.07) is 5.91. The molecule has 2 heterocycles. The van der Waals surface area contributed by atoms with E-state index in [-0.39, 0.29) is 5.82 Å². The van der Waals surface area contributed by atoms with Gasteiger partial charge in [0.2, 0.25) is 0 Å². The summed E-state index contributed by atoms with van der Waals surface area (Å²) in [7, 11) is 0. The number of anilines is 1. The predicted octanol–water partition coefficient (Wildman–Crippen LogP) is 3.67. The van der Waals surface area contributed by atoms with Gasteiger partial charge in [0.05, 0.1) is 11.5 Å². The zero-order valence-electron chi connectivity index (χ0n) is 16.8. The van der Waals surface area contributed by atoms with Crippen LogP contribution >= 0.6 is 0 Å². The highest BCUT2D eigenvalue weighted by Crippen LogP contribution is 2.24. The first-order valence-corrected chi connectivity index (χ1v) is 9.25. The van der Waals surface area contributed by atoms with Crippen LogP contribution in [0.15, 0.2) is 30.3 Å². The van der Waals surface area contributed by atoms with Crippen molar-refractivity contribution in [1.29, 1.82) is 0 Å². The molecular weight excluding hydrogens is 395 g/mol. The highest BCUT2D eigenvalue weighted by atomic mass is 19.1. The van der Waals surface area contributed by atoms with E-state index in [2.05, 4.69) is 10.3 Å². The monoisotopic (exact) mass is 416 g/mol. The van der Waals surface area contributed by atoms with Gasteiger partial charge in [-0.05, 0) is 44.5 Å². The predicted molar refractivity (Wildman–Crippen MR) is 106 cm³/mol. The van der Waals surface area contributed by atoms with Crippen LogP contribution in [0, 0.1) is 15.9 Å². The fourth-order valence-corrected chi connectivity index (χ4v) is 3.00. The molecule has 2 aromatic rings. The highest BCUT2D eigenvalue weighted by Gasteiger charge is 2.27. The molecule has 0 bridgehead atoms. The van der Waals surface area contributed by atoms with E-state index in [9.17, 15) is 24.1 Å². The van der Waals surface area contributed by atoms with Crippen molar-refractivity contribution < 1.29 is 23.6 Å². The van der Waals surface area contributed by atoms with Crippen molar-refractivity contribution >= 4 is 23.5 Å². The van der Waals surface area contributed by atoms with Crippen LogP contribution in [0.4, 0.5) is 20.7 Å². The summed E-state index contributed by atoms with van der Waals surface area (Å²) in [5.74, 6) is -1.41. The Morgan fingerprint density at radius 3 is 2.67 bits per heavy atom. The summed E-state index contributed by atoms with van der Waals surface area (Å²) in [6.07, 6.45) is 0.0437. The SMILES string of the molecule is CC(C)(C)OC(=O)N1CCc2nc(NC(=O)c3cc(F)ccc3[N+](=O)[O-])ccc2C1. The minimum absolute atomic E-state index is 0.183. The van der Waals surface area contributed by atoms with E-state index in [0.29, 0.717) is 25.2 Å². The Labute approximate surface area is 172 Å². The van der Waals surface area contributed by atoms with E-state index in [4.69, 9.17) is 4.74 Å². The number of carbonyl (C=O) groups is 2. The van der Waals surface area contributed by atoms with Gasteiger partial charge in [-0.15, -0.1) is 0 Å². The summed E-state index contributed by atoms with van der Waals surface area (Å²) < 4.78 is 18.9. The number of carbonyl (C=O) groups excluding carboxylic acids is 2. The zero-order valence-corrected chi connectivity index (χ0v) is 16.8. The molecule has 0 saturated heterocycles. The molecule has 3 rings (SSSR count). The molecule has 1 aliphatic heterocycles. The molecule has 0 fully saturated rings. The van der Waals surface area contributed by atoms with Gasteiger partial charge in [-0.3, -0.25) is 14.9 Å². The van der Waals surface area contributed by atoms with E-state index in [1.54, 1.807) is 31.7 Å². The van der Waals surface area contributed by atoms with Crippen molar-refractivity contribution in [2.45, 2.75) is 39.3 Å². The quantitative estimate of drug-likeness (QED) is 0.603. The van der Waals surface area contributed by atoms with Crippen molar-refractivity contribution in [3.05, 3.63) is 63.1 Å². The van der Waals surface area contributed by atoms with Gasteiger partial charge in [-0.2, -0.15) is 0 Å². The maximum absolute atomic E-state index is 13.5. The Morgan fingerprint density at radius 1 is 1.27 bits per heavy atom. The molecule has 158 valence electrons. The third kappa shape index (κ3) is 4.88. The van der Waals surface area contributed by atoms with Gasteiger partial charge in [0.1, 0.15) is 22.8 Å². The third-order valence-corrected chi connectivity index (χ3v) is 4.34. The molecule has 0 unspecified atom stereocenters. The molecule has 2 amide bonds. The first-order chi connectivity index (χ1) is 14.0. The Bertz CT molecular complexity index is 1020. The minimum atomic E-state index is -0.833. The van der Waals surface area contributed by atoms with Crippen molar-refractivity contribution in [3.8, 4) is 0 Å². The van der Waals surface area contributed by atoms with Gasteiger partial charge in [-0.25, -0.2) is 14.2 Å². The van der Waals surface area contributed by atoms with Crippen LogP contribution in [0.25, 0.3) is 0 Å². The summed E-state index contributed by atoms with van der Waals surface area (Å²) in [5, 5.41) is 13.6. The molecule has 1 aromatic heterocycles. The number of halogens is 1. The molecule has 1 aliphatic rings. The van der Waals surface area contributed by atoms with E-state index in [1.807, 2.05) is 0 Å². The molecule has 30 heavy (non-hydrogen) atoms. The van der Waals surface area contributed by atoms with Crippen LogP contribution in [0.5, 0.6) is 0 Å². The second kappa shape index (κ2) is 8.05. The minimum Gasteiger partial charge on any atom is -0.444 e. The van der Waals surface area contributed by atoms with Crippen LogP contribution in [0.3, 0.4) is 0 Å². The smallest absolute Gasteiger partial charge is 0.410 e. The largest absolute Gasteiger partial charge is 0.444 e. The number of aromatic nitrogens is 1. The molecule has 0 aliphatic carbocycles. The Kier molecular flexibility index (Phi) is 5.68. The fraction of sp³-hybridized carbons (Fsp3) is 0.350. The average molecular weight is 416 g/mol. The van der Waals surface area contributed by atoms with Gasteiger partial charge in [0, 0.05) is 24.7 Å². The average Bonchev–Trinajstić information content (AvgIpc) is 2.65. The van der Waals surface area contributed by atoms with E-state index in [1.165, 1.54) is 6.07 Å². The van der Waals surface area contributed by atoms with Crippen molar-refractivity contribution in [3.63, 3.8) is 0 Å². The van der Waals surface area contributed by atoms with Crippen molar-refractivity contribution in [2.24, 2.45) is 0 Å². The lowest BCUT2D eigenvalue weighted by molar-refractivity contribution is -0.385. The number of benzene rings is 1. The lowest BCUT2D eigenvalue weighted by Gasteiger charge is -2.30. The first-order valence-electron chi connectivity index (χ1n) is 9.25. The molecular formula is C20H21FN4O5. The lowest BCUT2D eigenvalue weighted by atomic mass is 10.1. The molecule has 0 atom stereocenters. The molecule has 9 nitrogen and oxygen atoms in total. The molecule has 0 spiro atoms. The number of nitrogens with zero attached hydrogens (tertiary/aromatic N) is 3. The number of ether oxygens (including phenoxy) is 1. The summed E-state index contributed by atoms with van der Waals surface area (Å²) in [4.78, 5) is 41.0. The number of amides is 2. The van der Waals surface area contributed by atoms with Crippen LogP contribution < -0.4 is 5.32 Å². The summed E-state index contributed by atoms with van der Waals surface area (Å²) >= 11 is 0. The zero-order chi connectivity index (χ0) is 22.1. The number of hydrogen-bond donors (Lipinski definition) is 1. The van der Waals surface area contributed by atoms with Crippen molar-refractivity contribution in [1.82, 2.24) is 9.88 Å². The lowest BCUT2D eigenvalue weighted by Crippen LogP contribution is -2.40. The van der Waals surface area contributed by atoms with Crippen LogP contribution in [-0.4, -0.2) is 39.0 Å².